The zero-order chi connectivity index (χ0) is 9.23. The fraction of sp³-hybridized carbons (Fsp3) is 0.300. The molecule has 12 heavy (non-hydrogen) atoms. The van der Waals surface area contributed by atoms with Gasteiger partial charge in [0, 0.05) is 6.42 Å². The molecular weight excluding hydrogens is 152 g/mol. The summed E-state index contributed by atoms with van der Waals surface area (Å²) in [5, 5.41) is 8.29. The molecule has 0 aromatic carbocycles. The van der Waals surface area contributed by atoms with Crippen molar-refractivity contribution in [2.75, 3.05) is 0 Å². The van der Waals surface area contributed by atoms with E-state index in [0.29, 0.717) is 6.42 Å². The van der Waals surface area contributed by atoms with Crippen LogP contribution in [-0.2, 0) is 4.79 Å². The third-order valence-corrected chi connectivity index (χ3v) is 1.19. The summed E-state index contributed by atoms with van der Waals surface area (Å²) in [6, 6.07) is 0. The molecule has 0 aliphatic rings. The lowest BCUT2D eigenvalue weighted by Crippen LogP contribution is -1.91. The number of carboxylic acids is 1. The van der Waals surface area contributed by atoms with Gasteiger partial charge in [0.2, 0.25) is 0 Å². The van der Waals surface area contributed by atoms with Crippen molar-refractivity contribution in [3.05, 3.63) is 36.5 Å². The fourth-order valence-corrected chi connectivity index (χ4v) is 0.621. The van der Waals surface area contributed by atoms with Crippen molar-refractivity contribution in [1.82, 2.24) is 0 Å². The predicted molar refractivity (Wildman–Crippen MR) is 50.0 cm³/mol. The van der Waals surface area contributed by atoms with E-state index in [1.165, 1.54) is 0 Å². The van der Waals surface area contributed by atoms with E-state index < -0.39 is 5.97 Å². The van der Waals surface area contributed by atoms with Crippen molar-refractivity contribution in [2.24, 2.45) is 0 Å². The minimum Gasteiger partial charge on any atom is -0.481 e. The first-order valence-electron chi connectivity index (χ1n) is 3.93. The van der Waals surface area contributed by atoms with Crippen LogP contribution in [-0.4, -0.2) is 11.1 Å². The molecule has 0 bridgehead atoms. The van der Waals surface area contributed by atoms with Crippen LogP contribution < -0.4 is 0 Å². The van der Waals surface area contributed by atoms with Crippen LogP contribution in [0.5, 0.6) is 0 Å². The highest BCUT2D eigenvalue weighted by Gasteiger charge is 1.90. The van der Waals surface area contributed by atoms with Gasteiger partial charge < -0.3 is 5.11 Å². The first-order chi connectivity index (χ1) is 5.77. The Kier molecular flexibility index (Phi) is 6.94. The molecule has 2 heteroatoms. The maximum atomic E-state index is 10.1. The highest BCUT2D eigenvalue weighted by atomic mass is 16.4. The largest absolute Gasteiger partial charge is 0.481 e. The average molecular weight is 166 g/mol. The predicted octanol–water partition coefficient (Wildman–Crippen LogP) is 2.54. The first kappa shape index (κ1) is 10.7. The lowest BCUT2D eigenvalue weighted by molar-refractivity contribution is -0.136. The van der Waals surface area contributed by atoms with Gasteiger partial charge in [-0.1, -0.05) is 36.5 Å². The molecule has 0 radical (unpaired) electrons. The Morgan fingerprint density at radius 2 is 1.92 bits per heavy atom. The van der Waals surface area contributed by atoms with Gasteiger partial charge in [0.1, 0.15) is 0 Å². The Hall–Kier alpha value is -1.31. The Bertz CT molecular complexity index is 200. The van der Waals surface area contributed by atoms with Crippen LogP contribution in [0, 0.1) is 0 Å². The van der Waals surface area contributed by atoms with Gasteiger partial charge in [-0.15, -0.1) is 0 Å². The zero-order valence-electron chi connectivity index (χ0n) is 7.23. The van der Waals surface area contributed by atoms with E-state index in [4.69, 9.17) is 5.11 Å². The summed E-state index contributed by atoms with van der Waals surface area (Å²) in [5.74, 6) is -0.753. The summed E-state index contributed by atoms with van der Waals surface area (Å²) in [4.78, 5) is 10.1. The molecule has 0 amide bonds. The molecule has 0 aliphatic carbocycles. The molecule has 0 heterocycles. The Morgan fingerprint density at radius 3 is 2.50 bits per heavy atom. The molecule has 0 spiro atoms. The van der Waals surface area contributed by atoms with Gasteiger partial charge in [0.15, 0.2) is 0 Å². The second kappa shape index (κ2) is 7.79. The number of aliphatic carboxylic acids is 1. The van der Waals surface area contributed by atoms with Crippen molar-refractivity contribution in [1.29, 1.82) is 0 Å². The van der Waals surface area contributed by atoms with Crippen LogP contribution in [0.25, 0.3) is 0 Å². The van der Waals surface area contributed by atoms with Crippen LogP contribution in [0.3, 0.4) is 0 Å². The Labute approximate surface area is 72.9 Å². The third-order valence-electron chi connectivity index (χ3n) is 1.19. The Balaban J connectivity index is 3.43. The molecule has 0 rings (SSSR count). The molecule has 1 N–H and O–H groups in total. The van der Waals surface area contributed by atoms with Crippen molar-refractivity contribution < 1.29 is 9.90 Å². The second-order valence-corrected chi connectivity index (χ2v) is 2.27. The van der Waals surface area contributed by atoms with Gasteiger partial charge in [0.05, 0.1) is 0 Å². The first-order valence-corrected chi connectivity index (χ1v) is 3.93. The number of carbonyl (C=O) groups is 1. The van der Waals surface area contributed by atoms with Crippen LogP contribution in [0.1, 0.15) is 19.8 Å². The van der Waals surface area contributed by atoms with Crippen molar-refractivity contribution >= 4 is 5.97 Å². The highest BCUT2D eigenvalue weighted by Crippen LogP contribution is 1.90. The fourth-order valence-electron chi connectivity index (χ4n) is 0.621. The van der Waals surface area contributed by atoms with Gasteiger partial charge >= 0.3 is 5.97 Å². The van der Waals surface area contributed by atoms with Crippen LogP contribution in [0.4, 0.5) is 0 Å². The standard InChI is InChI=1S/C10H14O2/c1-2-3-4-5-6-7-8-9-10(11)12/h2-7H,8-9H2,1H3,(H,11,12). The molecule has 0 atom stereocenters. The molecular formula is C10H14O2. The minimum absolute atomic E-state index is 0.202. The monoisotopic (exact) mass is 166 g/mol. The molecule has 0 aliphatic heterocycles. The van der Waals surface area contributed by atoms with E-state index in [0.717, 1.165) is 0 Å². The smallest absolute Gasteiger partial charge is 0.303 e. The van der Waals surface area contributed by atoms with Crippen molar-refractivity contribution in [3.8, 4) is 0 Å². The summed E-state index contributed by atoms with van der Waals surface area (Å²) in [6.45, 7) is 1.94. The van der Waals surface area contributed by atoms with E-state index in [9.17, 15) is 4.79 Å². The molecule has 0 saturated heterocycles. The van der Waals surface area contributed by atoms with Gasteiger partial charge in [0.25, 0.3) is 0 Å². The van der Waals surface area contributed by atoms with Gasteiger partial charge in [-0.2, -0.15) is 0 Å². The van der Waals surface area contributed by atoms with Gasteiger partial charge in [-0.3, -0.25) is 4.79 Å². The van der Waals surface area contributed by atoms with Crippen LogP contribution in [0.2, 0.25) is 0 Å². The van der Waals surface area contributed by atoms with Gasteiger partial charge in [-0.05, 0) is 13.3 Å². The molecule has 0 aromatic heterocycles. The number of hydrogen-bond donors (Lipinski definition) is 1. The van der Waals surface area contributed by atoms with Crippen LogP contribution >= 0.6 is 0 Å². The molecule has 2 nitrogen and oxygen atoms in total. The Morgan fingerprint density at radius 1 is 1.25 bits per heavy atom. The number of rotatable bonds is 5. The van der Waals surface area contributed by atoms with E-state index >= 15 is 0 Å². The topological polar surface area (TPSA) is 37.3 Å². The van der Waals surface area contributed by atoms with E-state index in [1.54, 1.807) is 0 Å². The maximum Gasteiger partial charge on any atom is 0.303 e. The summed E-state index contributed by atoms with van der Waals surface area (Å²) in [5.41, 5.74) is 0. The molecule has 66 valence electrons. The second-order valence-electron chi connectivity index (χ2n) is 2.27. The maximum absolute atomic E-state index is 10.1. The quantitative estimate of drug-likeness (QED) is 0.637. The molecule has 0 fully saturated rings. The zero-order valence-corrected chi connectivity index (χ0v) is 7.23. The van der Waals surface area contributed by atoms with E-state index in [2.05, 4.69) is 0 Å². The lowest BCUT2D eigenvalue weighted by Gasteiger charge is -1.84. The number of carboxylic acid groups (broad SMARTS) is 1. The summed E-state index contributed by atoms with van der Waals surface area (Å²) in [7, 11) is 0. The lowest BCUT2D eigenvalue weighted by atomic mass is 10.3. The molecule has 0 saturated carbocycles. The van der Waals surface area contributed by atoms with E-state index in [1.807, 2.05) is 43.4 Å². The third kappa shape index (κ3) is 8.69. The normalized spacial score (nSPS) is 12.1. The summed E-state index contributed by atoms with van der Waals surface area (Å²) >= 11 is 0. The molecule has 0 aromatic rings. The minimum atomic E-state index is -0.753. The van der Waals surface area contributed by atoms with E-state index in [-0.39, 0.29) is 6.42 Å². The SMILES string of the molecule is CC=CC=CC=CCCC(=O)O. The molecule has 0 unspecified atom stereocenters. The van der Waals surface area contributed by atoms with Crippen molar-refractivity contribution in [3.63, 3.8) is 0 Å². The summed E-state index contributed by atoms with van der Waals surface area (Å²) in [6.07, 6.45) is 12.1. The van der Waals surface area contributed by atoms with Crippen molar-refractivity contribution in [2.45, 2.75) is 19.8 Å². The average Bonchev–Trinajstić information content (AvgIpc) is 2.02. The summed E-state index contributed by atoms with van der Waals surface area (Å²) < 4.78 is 0. The number of hydrogen-bond acceptors (Lipinski definition) is 1. The number of allylic oxidation sites excluding steroid dienone is 6. The van der Waals surface area contributed by atoms with Gasteiger partial charge in [-0.25, -0.2) is 0 Å². The van der Waals surface area contributed by atoms with Crippen LogP contribution in [0.15, 0.2) is 36.5 Å². The highest BCUT2D eigenvalue weighted by molar-refractivity contribution is 5.66.